The summed E-state index contributed by atoms with van der Waals surface area (Å²) in [6, 6.07) is 0. The average Bonchev–Trinajstić information content (AvgIpc) is 2.59. The summed E-state index contributed by atoms with van der Waals surface area (Å²) in [5, 5.41) is 0. The van der Waals surface area contributed by atoms with Gasteiger partial charge in [-0.2, -0.15) is 0 Å². The number of carbonyl (C=O) groups is 1. The van der Waals surface area contributed by atoms with E-state index in [1.165, 1.54) is 114 Å². The van der Waals surface area contributed by atoms with E-state index in [0.717, 1.165) is 0 Å². The monoisotopic (exact) mass is 420 g/mol. The number of rotatable bonds is 20. The summed E-state index contributed by atoms with van der Waals surface area (Å²) in [5.74, 6) is 3.12. The maximum atomic E-state index is 11.7. The first kappa shape index (κ1) is 30.0. The van der Waals surface area contributed by atoms with Crippen molar-refractivity contribution in [2.75, 3.05) is 29.8 Å². The SMILES string of the molecule is CCCCCCCCCC[SH](C)(C)(CCCCCCCCCC)CC(N)=O.N. The van der Waals surface area contributed by atoms with Gasteiger partial charge < -0.3 is 11.9 Å². The summed E-state index contributed by atoms with van der Waals surface area (Å²) >= 11 is 0. The molecule has 0 aliphatic carbocycles. The Kier molecular flexibility index (Phi) is 18.9. The number of thiol groups is 1. The van der Waals surface area contributed by atoms with Crippen LogP contribution in [0.5, 0.6) is 0 Å². The summed E-state index contributed by atoms with van der Waals surface area (Å²) < 4.78 is 0. The van der Waals surface area contributed by atoms with Gasteiger partial charge in [-0.3, -0.25) is 14.0 Å². The largest absolute Gasteiger partial charge is 0.369 e. The first-order chi connectivity index (χ1) is 12.8. The van der Waals surface area contributed by atoms with Crippen LogP contribution in [0.3, 0.4) is 0 Å². The lowest BCUT2D eigenvalue weighted by Gasteiger charge is -2.55. The zero-order valence-electron chi connectivity index (χ0n) is 20.1. The van der Waals surface area contributed by atoms with Gasteiger partial charge in [-0.05, 0) is 36.9 Å². The molecule has 0 aliphatic rings. The Morgan fingerprint density at radius 2 is 0.893 bits per heavy atom. The Morgan fingerprint density at radius 3 is 1.18 bits per heavy atom. The molecule has 0 saturated carbocycles. The Labute approximate surface area is 178 Å². The number of hydrogen-bond donors (Lipinski definition) is 3. The molecule has 3 nitrogen and oxygen atoms in total. The van der Waals surface area contributed by atoms with Crippen LogP contribution in [-0.4, -0.2) is 35.7 Å². The Hall–Kier alpha value is -0.220. The van der Waals surface area contributed by atoms with Crippen LogP contribution in [0.4, 0.5) is 0 Å². The van der Waals surface area contributed by atoms with Gasteiger partial charge in [0.1, 0.15) is 0 Å². The van der Waals surface area contributed by atoms with Crippen molar-refractivity contribution in [3.05, 3.63) is 0 Å². The van der Waals surface area contributed by atoms with E-state index in [2.05, 4.69) is 26.4 Å². The zero-order valence-corrected chi connectivity index (χ0v) is 21.0. The maximum Gasteiger partial charge on any atom is 0.224 e. The second-order valence-electron chi connectivity index (χ2n) is 10.0. The van der Waals surface area contributed by atoms with E-state index in [1.54, 1.807) is 0 Å². The van der Waals surface area contributed by atoms with Crippen molar-refractivity contribution >= 4 is 15.1 Å². The van der Waals surface area contributed by atoms with Gasteiger partial charge in [-0.15, -0.1) is 0 Å². The summed E-state index contributed by atoms with van der Waals surface area (Å²) in [6.07, 6.45) is 26.7. The van der Waals surface area contributed by atoms with E-state index >= 15 is 0 Å². The lowest BCUT2D eigenvalue weighted by atomic mass is 10.1. The van der Waals surface area contributed by atoms with Crippen LogP contribution in [0.15, 0.2) is 0 Å². The van der Waals surface area contributed by atoms with Crippen molar-refractivity contribution in [1.29, 1.82) is 0 Å². The highest BCUT2D eigenvalue weighted by molar-refractivity contribution is 8.49. The van der Waals surface area contributed by atoms with Crippen molar-refractivity contribution in [1.82, 2.24) is 6.15 Å². The van der Waals surface area contributed by atoms with Crippen LogP contribution < -0.4 is 11.9 Å². The van der Waals surface area contributed by atoms with Gasteiger partial charge in [0.05, 0.1) is 0 Å². The van der Waals surface area contributed by atoms with Crippen molar-refractivity contribution in [2.24, 2.45) is 5.73 Å². The van der Waals surface area contributed by atoms with Crippen LogP contribution in [0.1, 0.15) is 117 Å². The van der Waals surface area contributed by atoms with E-state index < -0.39 is 9.16 Å². The minimum atomic E-state index is -1.93. The van der Waals surface area contributed by atoms with Gasteiger partial charge in [0.15, 0.2) is 0 Å². The Bertz CT molecular complexity index is 348. The molecule has 0 radical (unpaired) electrons. The zero-order chi connectivity index (χ0) is 20.5. The van der Waals surface area contributed by atoms with Crippen LogP contribution in [0.2, 0.25) is 0 Å². The van der Waals surface area contributed by atoms with E-state index in [4.69, 9.17) is 5.73 Å². The molecule has 1 amide bonds. The molecule has 0 saturated heterocycles. The standard InChI is InChI=1S/C24H53NOS.H3N/c1-5-7-9-11-13-15-17-19-21-27(3,4,23-24(25)26)22-20-18-16-14-12-10-8-6-2;/h27H,5-23H2,1-4H3,(H2,25,26);1H3. The summed E-state index contributed by atoms with van der Waals surface area (Å²) in [5.41, 5.74) is 5.65. The second-order valence-corrected chi connectivity index (χ2v) is 17.3. The van der Waals surface area contributed by atoms with Crippen LogP contribution in [0, 0.1) is 0 Å². The molecule has 28 heavy (non-hydrogen) atoms. The Balaban J connectivity index is 0. The van der Waals surface area contributed by atoms with E-state index in [-0.39, 0.29) is 12.1 Å². The number of primary amides is 1. The van der Waals surface area contributed by atoms with Gasteiger partial charge in [0.25, 0.3) is 0 Å². The highest BCUT2D eigenvalue weighted by Crippen LogP contribution is 2.63. The predicted molar refractivity (Wildman–Crippen MR) is 135 cm³/mol. The first-order valence-electron chi connectivity index (χ1n) is 12.1. The van der Waals surface area contributed by atoms with E-state index in [9.17, 15) is 4.79 Å². The molecule has 0 aromatic heterocycles. The third-order valence-corrected chi connectivity index (χ3v) is 11.3. The Morgan fingerprint density at radius 1 is 0.607 bits per heavy atom. The first-order valence-corrected chi connectivity index (χ1v) is 15.8. The van der Waals surface area contributed by atoms with Crippen molar-refractivity contribution in [3.63, 3.8) is 0 Å². The molecule has 0 spiro atoms. The summed E-state index contributed by atoms with van der Waals surface area (Å²) in [6.45, 7) is 4.55. The van der Waals surface area contributed by atoms with Gasteiger partial charge in [-0.25, -0.2) is 0 Å². The highest BCUT2D eigenvalue weighted by Gasteiger charge is 2.32. The van der Waals surface area contributed by atoms with Gasteiger partial charge in [-0.1, -0.05) is 104 Å². The number of unbranched alkanes of at least 4 members (excludes halogenated alkanes) is 14. The molecular formula is C24H56N2OS. The number of amides is 1. The molecule has 0 rings (SSSR count). The highest BCUT2D eigenvalue weighted by atomic mass is 32.3. The molecular weight excluding hydrogens is 364 g/mol. The fourth-order valence-electron chi connectivity index (χ4n) is 4.37. The molecule has 0 unspecified atom stereocenters. The second kappa shape index (κ2) is 17.6. The molecule has 0 aliphatic heterocycles. The van der Waals surface area contributed by atoms with Crippen molar-refractivity contribution in [2.45, 2.75) is 117 Å². The third kappa shape index (κ3) is 17.8. The lowest BCUT2D eigenvalue weighted by molar-refractivity contribution is -0.115. The number of nitrogens with two attached hydrogens (primary N) is 1. The minimum Gasteiger partial charge on any atom is -0.369 e. The molecule has 4 heteroatoms. The van der Waals surface area contributed by atoms with Crippen LogP contribution in [0.25, 0.3) is 0 Å². The molecule has 0 bridgehead atoms. The normalized spacial score (nSPS) is 12.9. The molecule has 0 aromatic rings. The summed E-state index contributed by atoms with van der Waals surface area (Å²) in [7, 11) is -1.93. The maximum absolute atomic E-state index is 11.7. The molecule has 0 aromatic carbocycles. The predicted octanol–water partition coefficient (Wildman–Crippen LogP) is 7.25. The van der Waals surface area contributed by atoms with Crippen molar-refractivity contribution in [3.8, 4) is 0 Å². The topological polar surface area (TPSA) is 78.1 Å². The van der Waals surface area contributed by atoms with Crippen LogP contribution in [-0.2, 0) is 4.79 Å². The minimum absolute atomic E-state index is 0. The van der Waals surface area contributed by atoms with Crippen LogP contribution >= 0.6 is 9.16 Å². The van der Waals surface area contributed by atoms with E-state index in [0.29, 0.717) is 5.75 Å². The van der Waals surface area contributed by atoms with Gasteiger partial charge >= 0.3 is 0 Å². The van der Waals surface area contributed by atoms with E-state index in [1.807, 2.05) is 0 Å². The number of carbonyl (C=O) groups excluding carboxylic acids is 1. The molecule has 0 fully saturated rings. The molecule has 0 heterocycles. The number of hydrogen-bond acceptors (Lipinski definition) is 2. The van der Waals surface area contributed by atoms with Gasteiger partial charge in [0.2, 0.25) is 5.91 Å². The fraction of sp³-hybridized carbons (Fsp3) is 0.958. The summed E-state index contributed by atoms with van der Waals surface area (Å²) in [4.78, 5) is 11.7. The lowest BCUT2D eigenvalue weighted by Crippen LogP contribution is -2.34. The van der Waals surface area contributed by atoms with Crippen molar-refractivity contribution < 1.29 is 4.79 Å². The third-order valence-electron chi connectivity index (χ3n) is 6.25. The molecule has 5 N–H and O–H groups in total. The molecule has 0 atom stereocenters. The molecule has 174 valence electrons. The smallest absolute Gasteiger partial charge is 0.224 e. The quantitative estimate of drug-likeness (QED) is 0.143. The average molecular weight is 421 g/mol. The fourth-order valence-corrected chi connectivity index (χ4v) is 8.58. The van der Waals surface area contributed by atoms with Gasteiger partial charge in [0, 0.05) is 5.75 Å².